The maximum Gasteiger partial charge on any atom is 0.320 e. The van der Waals surface area contributed by atoms with Crippen molar-refractivity contribution in [3.63, 3.8) is 0 Å². The average Bonchev–Trinajstić information content (AvgIpc) is 2.15. The van der Waals surface area contributed by atoms with E-state index < -0.39 is 12.0 Å². The fourth-order valence-electron chi connectivity index (χ4n) is 2.09. The minimum atomic E-state index is -0.758. The summed E-state index contributed by atoms with van der Waals surface area (Å²) in [6.07, 6.45) is 4.99. The molecule has 0 heterocycles. The molecule has 1 atom stereocenters. The minimum absolute atomic E-state index is 0.417. The van der Waals surface area contributed by atoms with Gasteiger partial charge in [0.05, 0.1) is 0 Å². The Morgan fingerprint density at radius 1 is 1.47 bits per heavy atom. The lowest BCUT2D eigenvalue weighted by Gasteiger charge is -2.34. The molecule has 1 fully saturated rings. The predicted molar refractivity (Wildman–Crippen MR) is 60.8 cm³/mol. The van der Waals surface area contributed by atoms with Gasteiger partial charge in [0.15, 0.2) is 0 Å². The van der Waals surface area contributed by atoms with Crippen LogP contribution in [-0.2, 0) is 4.79 Å². The van der Waals surface area contributed by atoms with E-state index in [1.54, 1.807) is 6.92 Å². The number of hydrogen-bond acceptors (Lipinski definition) is 2. The van der Waals surface area contributed by atoms with E-state index in [0.29, 0.717) is 11.3 Å². The monoisotopic (exact) mass is 213 g/mol. The summed E-state index contributed by atoms with van der Waals surface area (Å²) >= 11 is 0. The number of aliphatic carboxylic acids is 1. The molecule has 1 aliphatic carbocycles. The Labute approximate surface area is 92.3 Å². The van der Waals surface area contributed by atoms with Crippen LogP contribution in [0.3, 0.4) is 0 Å². The van der Waals surface area contributed by atoms with Crippen molar-refractivity contribution in [3.05, 3.63) is 0 Å². The number of carboxylic acid groups (broad SMARTS) is 1. The lowest BCUT2D eigenvalue weighted by atomic mass is 9.73. The Morgan fingerprint density at radius 3 is 2.47 bits per heavy atom. The lowest BCUT2D eigenvalue weighted by Crippen LogP contribution is -2.38. The summed E-state index contributed by atoms with van der Waals surface area (Å²) in [5, 5.41) is 11.8. The molecule has 0 aromatic heterocycles. The van der Waals surface area contributed by atoms with Gasteiger partial charge < -0.3 is 10.4 Å². The molecule has 0 aromatic carbocycles. The van der Waals surface area contributed by atoms with E-state index in [0.717, 1.165) is 6.54 Å². The van der Waals surface area contributed by atoms with Gasteiger partial charge in [-0.3, -0.25) is 4.79 Å². The SMILES string of the molecule is C[C@H](NCC1CCC(C)(C)CC1)C(=O)O. The molecule has 0 aliphatic heterocycles. The zero-order valence-electron chi connectivity index (χ0n) is 10.0. The molecular formula is C12H23NO2. The highest BCUT2D eigenvalue weighted by atomic mass is 16.4. The minimum Gasteiger partial charge on any atom is -0.480 e. The zero-order chi connectivity index (χ0) is 11.5. The van der Waals surface area contributed by atoms with Crippen LogP contribution in [0.5, 0.6) is 0 Å². The highest BCUT2D eigenvalue weighted by Gasteiger charge is 2.26. The highest BCUT2D eigenvalue weighted by molar-refractivity contribution is 5.72. The van der Waals surface area contributed by atoms with Gasteiger partial charge in [0.2, 0.25) is 0 Å². The van der Waals surface area contributed by atoms with Crippen molar-refractivity contribution < 1.29 is 9.90 Å². The van der Waals surface area contributed by atoms with Crippen molar-refractivity contribution in [2.24, 2.45) is 11.3 Å². The summed E-state index contributed by atoms with van der Waals surface area (Å²) < 4.78 is 0. The summed E-state index contributed by atoms with van der Waals surface area (Å²) in [6.45, 7) is 7.19. The fraction of sp³-hybridized carbons (Fsp3) is 0.917. The molecule has 0 bridgehead atoms. The molecule has 0 unspecified atom stereocenters. The molecule has 0 spiro atoms. The molecule has 15 heavy (non-hydrogen) atoms. The number of carboxylic acids is 1. The smallest absolute Gasteiger partial charge is 0.320 e. The first-order chi connectivity index (χ1) is 6.91. The van der Waals surface area contributed by atoms with Crippen LogP contribution in [0.2, 0.25) is 0 Å². The number of hydrogen-bond donors (Lipinski definition) is 2. The van der Waals surface area contributed by atoms with Gasteiger partial charge in [-0.15, -0.1) is 0 Å². The maximum atomic E-state index is 10.6. The molecule has 0 radical (unpaired) electrons. The van der Waals surface area contributed by atoms with Gasteiger partial charge in [-0.25, -0.2) is 0 Å². The standard InChI is InChI=1S/C12H23NO2/c1-9(11(14)15)13-8-10-4-6-12(2,3)7-5-10/h9-10,13H,4-8H2,1-3H3,(H,14,15)/t9-/m0/s1. The lowest BCUT2D eigenvalue weighted by molar-refractivity contribution is -0.139. The Hall–Kier alpha value is -0.570. The summed E-state index contributed by atoms with van der Waals surface area (Å²) in [5.41, 5.74) is 0.495. The maximum absolute atomic E-state index is 10.6. The van der Waals surface area contributed by atoms with Crippen molar-refractivity contribution in [3.8, 4) is 0 Å². The zero-order valence-corrected chi connectivity index (χ0v) is 10.0. The van der Waals surface area contributed by atoms with Crippen LogP contribution in [-0.4, -0.2) is 23.7 Å². The van der Waals surface area contributed by atoms with E-state index in [1.807, 2.05) is 0 Å². The molecule has 1 aliphatic rings. The topological polar surface area (TPSA) is 49.3 Å². The van der Waals surface area contributed by atoms with Gasteiger partial charge in [0.25, 0.3) is 0 Å². The quantitative estimate of drug-likeness (QED) is 0.753. The van der Waals surface area contributed by atoms with Crippen LogP contribution in [0, 0.1) is 11.3 Å². The average molecular weight is 213 g/mol. The molecule has 1 saturated carbocycles. The van der Waals surface area contributed by atoms with Crippen molar-refractivity contribution in [2.75, 3.05) is 6.54 Å². The Kier molecular flexibility index (Phi) is 4.14. The van der Waals surface area contributed by atoms with E-state index in [4.69, 9.17) is 5.11 Å². The first-order valence-corrected chi connectivity index (χ1v) is 5.87. The fourth-order valence-corrected chi connectivity index (χ4v) is 2.09. The Bertz CT molecular complexity index is 216. The number of carbonyl (C=O) groups is 1. The van der Waals surface area contributed by atoms with Crippen LogP contribution in [0.15, 0.2) is 0 Å². The van der Waals surface area contributed by atoms with E-state index in [9.17, 15) is 4.79 Å². The van der Waals surface area contributed by atoms with Gasteiger partial charge >= 0.3 is 5.97 Å². The van der Waals surface area contributed by atoms with Gasteiger partial charge in [-0.05, 0) is 50.5 Å². The highest BCUT2D eigenvalue weighted by Crippen LogP contribution is 2.37. The van der Waals surface area contributed by atoms with E-state index in [1.165, 1.54) is 25.7 Å². The van der Waals surface area contributed by atoms with Gasteiger partial charge in [0.1, 0.15) is 6.04 Å². The van der Waals surface area contributed by atoms with Gasteiger partial charge in [-0.2, -0.15) is 0 Å². The number of rotatable bonds is 4. The molecule has 3 nitrogen and oxygen atoms in total. The summed E-state index contributed by atoms with van der Waals surface area (Å²) in [5.74, 6) is -0.0917. The molecule has 2 N–H and O–H groups in total. The molecular weight excluding hydrogens is 190 g/mol. The molecule has 3 heteroatoms. The van der Waals surface area contributed by atoms with Crippen molar-refractivity contribution >= 4 is 5.97 Å². The van der Waals surface area contributed by atoms with Crippen LogP contribution in [0.4, 0.5) is 0 Å². The predicted octanol–water partition coefficient (Wildman–Crippen LogP) is 2.27. The van der Waals surface area contributed by atoms with E-state index >= 15 is 0 Å². The molecule has 0 saturated heterocycles. The number of nitrogens with one attached hydrogen (secondary N) is 1. The molecule has 0 amide bonds. The molecule has 1 rings (SSSR count). The Morgan fingerprint density at radius 2 is 2.00 bits per heavy atom. The summed E-state index contributed by atoms with van der Waals surface area (Å²) in [4.78, 5) is 10.6. The van der Waals surface area contributed by atoms with Crippen molar-refractivity contribution in [1.29, 1.82) is 0 Å². The Balaban J connectivity index is 2.22. The largest absolute Gasteiger partial charge is 0.480 e. The summed E-state index contributed by atoms with van der Waals surface area (Å²) in [7, 11) is 0. The molecule has 0 aromatic rings. The van der Waals surface area contributed by atoms with Gasteiger partial charge in [0, 0.05) is 0 Å². The summed E-state index contributed by atoms with van der Waals surface area (Å²) in [6, 6.07) is -0.417. The van der Waals surface area contributed by atoms with Crippen LogP contribution >= 0.6 is 0 Å². The van der Waals surface area contributed by atoms with E-state index in [2.05, 4.69) is 19.2 Å². The second-order valence-electron chi connectivity index (χ2n) is 5.58. The van der Waals surface area contributed by atoms with Crippen LogP contribution in [0.25, 0.3) is 0 Å². The third-order valence-corrected chi connectivity index (χ3v) is 3.54. The third-order valence-electron chi connectivity index (χ3n) is 3.54. The van der Waals surface area contributed by atoms with Crippen LogP contribution in [0.1, 0.15) is 46.5 Å². The second-order valence-corrected chi connectivity index (χ2v) is 5.58. The van der Waals surface area contributed by atoms with E-state index in [-0.39, 0.29) is 0 Å². The van der Waals surface area contributed by atoms with Crippen molar-refractivity contribution in [2.45, 2.75) is 52.5 Å². The second kappa shape index (κ2) is 4.97. The molecule has 88 valence electrons. The normalized spacial score (nSPS) is 23.7. The first-order valence-electron chi connectivity index (χ1n) is 5.87. The first kappa shape index (κ1) is 12.5. The van der Waals surface area contributed by atoms with Crippen molar-refractivity contribution in [1.82, 2.24) is 5.32 Å². The van der Waals surface area contributed by atoms with Crippen LogP contribution < -0.4 is 5.32 Å². The third kappa shape index (κ3) is 4.20. The van der Waals surface area contributed by atoms with Gasteiger partial charge in [-0.1, -0.05) is 13.8 Å².